The molecule has 0 saturated carbocycles. The van der Waals surface area contributed by atoms with E-state index in [1.165, 1.54) is 11.6 Å². The topological polar surface area (TPSA) is 43.6 Å². The van der Waals surface area contributed by atoms with Gasteiger partial charge >= 0.3 is 0 Å². The summed E-state index contributed by atoms with van der Waals surface area (Å²) in [5, 5.41) is 2.17. The van der Waals surface area contributed by atoms with Gasteiger partial charge in [-0.3, -0.25) is 0 Å². The number of nitrogens with zero attached hydrogens (tertiary/aromatic N) is 4. The number of hydrogen-bond acceptors (Lipinski definition) is 3. The van der Waals surface area contributed by atoms with Gasteiger partial charge in [0.15, 0.2) is 29.1 Å². The first kappa shape index (κ1) is 30.3. The second-order valence-electron chi connectivity index (χ2n) is 13.2. The molecule has 6 aromatic carbocycles. The van der Waals surface area contributed by atoms with E-state index in [1.807, 2.05) is 84.9 Å². The predicted molar refractivity (Wildman–Crippen MR) is 195 cm³/mol. The second kappa shape index (κ2) is 11.9. The standard InChI is InChI=1S/C43H32F2N4/c1-43(2,3)30-22-24-33-32-17-10-11-20-36(32)49(38(33)26-30)37-25-29(31-18-12-19-35(44)39(31)45)21-23-34(37)42-47-40(27-13-6-4-7-14-27)46-41(48-42)28-15-8-5-9-16-28/h4-26H,1-3H3. The van der Waals surface area contributed by atoms with Crippen LogP contribution in [0.15, 0.2) is 140 Å². The van der Waals surface area contributed by atoms with Crippen LogP contribution in [0.3, 0.4) is 0 Å². The van der Waals surface area contributed by atoms with Crippen LogP contribution >= 0.6 is 0 Å². The SMILES string of the molecule is CC(C)(C)c1ccc2c3ccccc3n(-c3cc(-c4cccc(F)c4F)ccc3-c3nc(-c4ccccc4)nc(-c4ccccc4)n3)c2c1. The maximum absolute atomic E-state index is 15.3. The lowest BCUT2D eigenvalue weighted by Crippen LogP contribution is -2.11. The number of halogens is 2. The van der Waals surface area contributed by atoms with Crippen molar-refractivity contribution in [1.29, 1.82) is 0 Å². The first-order chi connectivity index (χ1) is 23.8. The first-order valence-electron chi connectivity index (χ1n) is 16.3. The van der Waals surface area contributed by atoms with Crippen LogP contribution in [0.25, 0.3) is 72.8 Å². The predicted octanol–water partition coefficient (Wildman–Crippen LogP) is 11.2. The Balaban J connectivity index is 1.48. The van der Waals surface area contributed by atoms with Crippen molar-refractivity contribution in [2.24, 2.45) is 0 Å². The average molecular weight is 643 g/mol. The Bertz CT molecular complexity index is 2440. The third-order valence-electron chi connectivity index (χ3n) is 8.98. The lowest BCUT2D eigenvalue weighted by atomic mass is 9.86. The summed E-state index contributed by atoms with van der Waals surface area (Å²) < 4.78 is 32.1. The highest BCUT2D eigenvalue weighted by atomic mass is 19.2. The molecular weight excluding hydrogens is 610 g/mol. The molecule has 0 atom stereocenters. The monoisotopic (exact) mass is 642 g/mol. The van der Waals surface area contributed by atoms with Crippen LogP contribution in [-0.2, 0) is 5.41 Å². The van der Waals surface area contributed by atoms with Gasteiger partial charge in [0, 0.05) is 33.0 Å². The van der Waals surface area contributed by atoms with Gasteiger partial charge in [0.05, 0.1) is 16.7 Å². The molecule has 2 heterocycles. The van der Waals surface area contributed by atoms with E-state index < -0.39 is 11.6 Å². The zero-order valence-electron chi connectivity index (χ0n) is 27.3. The number of fused-ring (bicyclic) bond motifs is 3. The maximum atomic E-state index is 15.3. The van der Waals surface area contributed by atoms with E-state index >= 15 is 4.39 Å². The fourth-order valence-corrected chi connectivity index (χ4v) is 6.43. The van der Waals surface area contributed by atoms with E-state index in [9.17, 15) is 4.39 Å². The number of aromatic nitrogens is 4. The van der Waals surface area contributed by atoms with Crippen molar-refractivity contribution in [2.45, 2.75) is 26.2 Å². The minimum Gasteiger partial charge on any atom is -0.308 e. The van der Waals surface area contributed by atoms with Crippen molar-refractivity contribution in [2.75, 3.05) is 0 Å². The van der Waals surface area contributed by atoms with Crippen molar-refractivity contribution < 1.29 is 8.78 Å². The molecule has 0 saturated heterocycles. The molecule has 0 amide bonds. The van der Waals surface area contributed by atoms with Crippen LogP contribution in [0.2, 0.25) is 0 Å². The van der Waals surface area contributed by atoms with Gasteiger partial charge in [0.1, 0.15) is 0 Å². The van der Waals surface area contributed by atoms with Crippen molar-refractivity contribution in [3.05, 3.63) is 157 Å². The summed E-state index contributed by atoms with van der Waals surface area (Å²) in [5.74, 6) is -0.253. The van der Waals surface area contributed by atoms with Gasteiger partial charge in [-0.05, 0) is 46.9 Å². The van der Waals surface area contributed by atoms with Gasteiger partial charge in [0.25, 0.3) is 0 Å². The molecule has 0 aliphatic heterocycles. The Morgan fingerprint density at radius 1 is 0.490 bits per heavy atom. The fourth-order valence-electron chi connectivity index (χ4n) is 6.43. The first-order valence-corrected chi connectivity index (χ1v) is 16.3. The Kier molecular flexibility index (Phi) is 7.37. The molecule has 238 valence electrons. The summed E-state index contributed by atoms with van der Waals surface area (Å²) in [6.45, 7) is 6.59. The molecule has 8 rings (SSSR count). The summed E-state index contributed by atoms with van der Waals surface area (Å²) in [5.41, 5.74) is 6.93. The van der Waals surface area contributed by atoms with Crippen LogP contribution in [0.5, 0.6) is 0 Å². The van der Waals surface area contributed by atoms with Crippen molar-refractivity contribution in [3.63, 3.8) is 0 Å². The number of rotatable bonds is 5. The lowest BCUT2D eigenvalue weighted by Gasteiger charge is -2.20. The molecule has 0 bridgehead atoms. The molecule has 8 aromatic rings. The Hall–Kier alpha value is -6.01. The molecule has 0 N–H and O–H groups in total. The summed E-state index contributed by atoms with van der Waals surface area (Å²) in [4.78, 5) is 15.0. The number of para-hydroxylation sites is 1. The van der Waals surface area contributed by atoms with Crippen LogP contribution in [0.4, 0.5) is 8.78 Å². The largest absolute Gasteiger partial charge is 0.308 e. The molecule has 0 radical (unpaired) electrons. The van der Waals surface area contributed by atoms with Crippen LogP contribution in [0.1, 0.15) is 26.3 Å². The van der Waals surface area contributed by atoms with Crippen LogP contribution < -0.4 is 0 Å². The minimum absolute atomic E-state index is 0.103. The van der Waals surface area contributed by atoms with Crippen LogP contribution in [-0.4, -0.2) is 19.5 Å². The number of hydrogen-bond donors (Lipinski definition) is 0. The Morgan fingerprint density at radius 3 is 1.78 bits per heavy atom. The highest BCUT2D eigenvalue weighted by molar-refractivity contribution is 6.10. The lowest BCUT2D eigenvalue weighted by molar-refractivity contribution is 0.511. The Labute approximate surface area is 283 Å². The highest BCUT2D eigenvalue weighted by Gasteiger charge is 2.23. The zero-order chi connectivity index (χ0) is 33.7. The summed E-state index contributed by atoms with van der Waals surface area (Å²) in [6.07, 6.45) is 0. The molecular formula is C43H32F2N4. The van der Waals surface area contributed by atoms with E-state index in [2.05, 4.69) is 55.7 Å². The van der Waals surface area contributed by atoms with E-state index in [4.69, 9.17) is 15.0 Å². The smallest absolute Gasteiger partial charge is 0.166 e. The van der Waals surface area contributed by atoms with Crippen LogP contribution in [0, 0.1) is 11.6 Å². The fraction of sp³-hybridized carbons (Fsp3) is 0.0930. The van der Waals surface area contributed by atoms with Crippen molar-refractivity contribution >= 4 is 21.8 Å². The number of benzene rings is 6. The van der Waals surface area contributed by atoms with Gasteiger partial charge in [-0.1, -0.05) is 130 Å². The normalized spacial score (nSPS) is 11.8. The molecule has 0 aliphatic rings. The van der Waals surface area contributed by atoms with Gasteiger partial charge in [-0.2, -0.15) is 0 Å². The molecule has 49 heavy (non-hydrogen) atoms. The molecule has 0 fully saturated rings. The zero-order valence-corrected chi connectivity index (χ0v) is 27.3. The van der Waals surface area contributed by atoms with Crippen molar-refractivity contribution in [3.8, 4) is 51.0 Å². The van der Waals surface area contributed by atoms with Crippen molar-refractivity contribution in [1.82, 2.24) is 19.5 Å². The molecule has 4 nitrogen and oxygen atoms in total. The molecule has 0 spiro atoms. The summed E-state index contributed by atoms with van der Waals surface area (Å²) in [6, 6.07) is 44.4. The second-order valence-corrected chi connectivity index (χ2v) is 13.2. The summed E-state index contributed by atoms with van der Waals surface area (Å²) in [7, 11) is 0. The molecule has 0 unspecified atom stereocenters. The third kappa shape index (κ3) is 5.45. The van der Waals surface area contributed by atoms with Gasteiger partial charge in [-0.25, -0.2) is 23.7 Å². The maximum Gasteiger partial charge on any atom is 0.166 e. The molecule has 0 aliphatic carbocycles. The van der Waals surface area contributed by atoms with Gasteiger partial charge in [-0.15, -0.1) is 0 Å². The average Bonchev–Trinajstić information content (AvgIpc) is 3.46. The van der Waals surface area contributed by atoms with Gasteiger partial charge < -0.3 is 4.57 Å². The Morgan fingerprint density at radius 2 is 1.10 bits per heavy atom. The van der Waals surface area contributed by atoms with E-state index in [1.54, 1.807) is 12.1 Å². The molecule has 6 heteroatoms. The minimum atomic E-state index is -0.896. The highest BCUT2D eigenvalue weighted by Crippen LogP contribution is 2.40. The van der Waals surface area contributed by atoms with Gasteiger partial charge in [0.2, 0.25) is 0 Å². The van der Waals surface area contributed by atoms with E-state index in [-0.39, 0.29) is 11.0 Å². The quantitative estimate of drug-likeness (QED) is 0.188. The van der Waals surface area contributed by atoms with E-state index in [0.717, 1.165) is 50.2 Å². The van der Waals surface area contributed by atoms with E-state index in [0.29, 0.717) is 23.0 Å². The third-order valence-corrected chi connectivity index (χ3v) is 8.98. The molecule has 2 aromatic heterocycles. The summed E-state index contributed by atoms with van der Waals surface area (Å²) >= 11 is 0.